The average molecular weight is 384 g/mol. The summed E-state index contributed by atoms with van der Waals surface area (Å²) < 4.78 is 49.2. The molecule has 1 amide bonds. The molecule has 9 heteroatoms. The van der Waals surface area contributed by atoms with Gasteiger partial charge in [0.05, 0.1) is 30.9 Å². The molecule has 0 fully saturated rings. The van der Waals surface area contributed by atoms with Crippen molar-refractivity contribution in [3.63, 3.8) is 0 Å². The fourth-order valence-corrected chi connectivity index (χ4v) is 3.37. The van der Waals surface area contributed by atoms with Crippen LogP contribution in [0.5, 0.6) is 0 Å². The van der Waals surface area contributed by atoms with E-state index in [0.717, 1.165) is 28.6 Å². The van der Waals surface area contributed by atoms with Crippen molar-refractivity contribution >= 4 is 15.9 Å². The van der Waals surface area contributed by atoms with Crippen LogP contribution in [0.4, 0.5) is 4.39 Å². The first-order valence-corrected chi connectivity index (χ1v) is 9.29. The minimum Gasteiger partial charge on any atom is -0.467 e. The first kappa shape index (κ1) is 20.1. The molecule has 0 saturated carbocycles. The quantitative estimate of drug-likeness (QED) is 0.658. The summed E-state index contributed by atoms with van der Waals surface area (Å²) in [7, 11) is -1.08. The normalized spacial score (nSPS) is 11.7. The Hall–Kier alpha value is -2.23. The molecular formula is C17H21FN2O5S. The monoisotopic (exact) mass is 384 g/mol. The highest BCUT2D eigenvalue weighted by atomic mass is 32.2. The third-order valence-corrected chi connectivity index (χ3v) is 5.54. The molecule has 0 aliphatic rings. The zero-order valence-electron chi connectivity index (χ0n) is 14.6. The van der Waals surface area contributed by atoms with Gasteiger partial charge in [0.2, 0.25) is 15.9 Å². The fourth-order valence-electron chi connectivity index (χ4n) is 2.25. The molecule has 0 radical (unpaired) electrons. The van der Waals surface area contributed by atoms with Gasteiger partial charge < -0.3 is 14.1 Å². The van der Waals surface area contributed by atoms with Crippen LogP contribution in [0.2, 0.25) is 0 Å². The number of amides is 1. The maximum absolute atomic E-state index is 13.0. The lowest BCUT2D eigenvalue weighted by atomic mass is 10.3. The van der Waals surface area contributed by atoms with Gasteiger partial charge in [-0.3, -0.25) is 4.79 Å². The molecule has 142 valence electrons. The number of benzene rings is 1. The average Bonchev–Trinajstić information content (AvgIpc) is 3.11. The molecule has 1 heterocycles. The topological polar surface area (TPSA) is 80.1 Å². The zero-order chi connectivity index (χ0) is 19.2. The summed E-state index contributed by atoms with van der Waals surface area (Å²) in [6.07, 6.45) is 1.50. The molecule has 2 aromatic rings. The van der Waals surface area contributed by atoms with Crippen LogP contribution >= 0.6 is 0 Å². The van der Waals surface area contributed by atoms with Crippen molar-refractivity contribution in [2.24, 2.45) is 0 Å². The first-order valence-electron chi connectivity index (χ1n) is 7.85. The van der Waals surface area contributed by atoms with Crippen molar-refractivity contribution < 1.29 is 26.8 Å². The summed E-state index contributed by atoms with van der Waals surface area (Å²) in [6.45, 7) is 0.450. The largest absolute Gasteiger partial charge is 0.467 e. The highest BCUT2D eigenvalue weighted by Crippen LogP contribution is 2.15. The number of halogens is 1. The Morgan fingerprint density at radius 1 is 1.23 bits per heavy atom. The van der Waals surface area contributed by atoms with Crippen molar-refractivity contribution in [3.8, 4) is 0 Å². The molecule has 1 aromatic carbocycles. The molecule has 0 N–H and O–H groups in total. The highest BCUT2D eigenvalue weighted by Gasteiger charge is 2.25. The second-order valence-corrected chi connectivity index (χ2v) is 7.65. The number of hydrogen-bond acceptors (Lipinski definition) is 5. The van der Waals surface area contributed by atoms with Gasteiger partial charge in [-0.2, -0.15) is 4.31 Å². The van der Waals surface area contributed by atoms with Gasteiger partial charge in [0, 0.05) is 20.7 Å². The molecule has 0 atom stereocenters. The molecule has 1 aromatic heterocycles. The van der Waals surface area contributed by atoms with Crippen LogP contribution in [0.25, 0.3) is 0 Å². The van der Waals surface area contributed by atoms with Gasteiger partial charge in [0.15, 0.2) is 0 Å². The Morgan fingerprint density at radius 2 is 1.92 bits per heavy atom. The van der Waals surface area contributed by atoms with Crippen LogP contribution < -0.4 is 0 Å². The van der Waals surface area contributed by atoms with Gasteiger partial charge >= 0.3 is 0 Å². The first-order chi connectivity index (χ1) is 12.3. The zero-order valence-corrected chi connectivity index (χ0v) is 15.4. The van der Waals surface area contributed by atoms with E-state index in [-0.39, 0.29) is 18.0 Å². The van der Waals surface area contributed by atoms with Gasteiger partial charge in [-0.15, -0.1) is 0 Å². The van der Waals surface area contributed by atoms with Crippen molar-refractivity contribution in [1.29, 1.82) is 0 Å². The molecule has 0 aliphatic heterocycles. The lowest BCUT2D eigenvalue weighted by Gasteiger charge is -2.24. The third-order valence-electron chi connectivity index (χ3n) is 3.72. The molecule has 0 saturated heterocycles. The number of carbonyl (C=O) groups excluding carboxylic acids is 1. The lowest BCUT2D eigenvalue weighted by Crippen LogP contribution is -2.42. The highest BCUT2D eigenvalue weighted by molar-refractivity contribution is 7.89. The maximum Gasteiger partial charge on any atom is 0.243 e. The predicted molar refractivity (Wildman–Crippen MR) is 92.2 cm³/mol. The Bertz CT molecular complexity index is 806. The molecule has 26 heavy (non-hydrogen) atoms. The van der Waals surface area contributed by atoms with Gasteiger partial charge in [0.1, 0.15) is 11.6 Å². The van der Waals surface area contributed by atoms with Crippen LogP contribution in [0, 0.1) is 5.82 Å². The second-order valence-electron chi connectivity index (χ2n) is 5.60. The van der Waals surface area contributed by atoms with Crippen molar-refractivity contribution in [1.82, 2.24) is 9.21 Å². The number of sulfonamides is 1. The Morgan fingerprint density at radius 3 is 2.50 bits per heavy atom. The van der Waals surface area contributed by atoms with Crippen molar-refractivity contribution in [2.45, 2.75) is 11.4 Å². The van der Waals surface area contributed by atoms with E-state index in [4.69, 9.17) is 9.15 Å². The SMILES string of the molecule is COCCN(Cc1ccco1)C(=O)CN(C)S(=O)(=O)c1ccc(F)cc1. The Kier molecular flexibility index (Phi) is 6.90. The number of carbonyl (C=O) groups is 1. The summed E-state index contributed by atoms with van der Waals surface area (Å²) in [6, 6.07) is 7.88. The Balaban J connectivity index is 2.09. The van der Waals surface area contributed by atoms with Crippen LogP contribution in [0.1, 0.15) is 5.76 Å². The van der Waals surface area contributed by atoms with Crippen LogP contribution in [-0.2, 0) is 26.1 Å². The van der Waals surface area contributed by atoms with Crippen LogP contribution in [-0.4, -0.2) is 57.4 Å². The van der Waals surface area contributed by atoms with E-state index in [1.54, 1.807) is 12.1 Å². The van der Waals surface area contributed by atoms with E-state index in [0.29, 0.717) is 18.9 Å². The van der Waals surface area contributed by atoms with E-state index < -0.39 is 21.7 Å². The van der Waals surface area contributed by atoms with E-state index in [2.05, 4.69) is 0 Å². The molecule has 0 bridgehead atoms. The fraction of sp³-hybridized carbons (Fsp3) is 0.353. The standard InChI is InChI=1S/C17H21FN2O5S/c1-19(26(22,23)16-7-5-14(18)6-8-16)13-17(21)20(9-11-24-2)12-15-4-3-10-25-15/h3-8,10H,9,11-13H2,1-2H3. The summed E-state index contributed by atoms with van der Waals surface area (Å²) in [5.41, 5.74) is 0. The van der Waals surface area contributed by atoms with Gasteiger partial charge in [-0.1, -0.05) is 0 Å². The number of furan rings is 1. The third kappa shape index (κ3) is 5.13. The number of methoxy groups -OCH3 is 1. The van der Waals surface area contributed by atoms with Crippen molar-refractivity contribution in [2.75, 3.05) is 33.9 Å². The minimum atomic E-state index is -3.90. The summed E-state index contributed by atoms with van der Waals surface area (Å²) in [5.74, 6) is -0.350. The number of hydrogen-bond donors (Lipinski definition) is 0. The predicted octanol–water partition coefficient (Wildman–Crippen LogP) is 1.71. The summed E-state index contributed by atoms with van der Waals surface area (Å²) in [4.78, 5) is 14.0. The maximum atomic E-state index is 13.0. The van der Waals surface area contributed by atoms with Gasteiger partial charge in [0.25, 0.3) is 0 Å². The van der Waals surface area contributed by atoms with E-state index in [1.807, 2.05) is 0 Å². The molecular weight excluding hydrogens is 363 g/mol. The molecule has 0 aliphatic carbocycles. The van der Waals surface area contributed by atoms with E-state index in [1.165, 1.54) is 25.3 Å². The van der Waals surface area contributed by atoms with Crippen molar-refractivity contribution in [3.05, 3.63) is 54.2 Å². The Labute approximate surface area is 152 Å². The smallest absolute Gasteiger partial charge is 0.243 e. The number of rotatable bonds is 9. The van der Waals surface area contributed by atoms with E-state index >= 15 is 0 Å². The lowest BCUT2D eigenvalue weighted by molar-refractivity contribution is -0.132. The van der Waals surface area contributed by atoms with Gasteiger partial charge in [-0.25, -0.2) is 12.8 Å². The number of ether oxygens (including phenoxy) is 1. The minimum absolute atomic E-state index is 0.0799. The summed E-state index contributed by atoms with van der Waals surface area (Å²) >= 11 is 0. The molecule has 7 nitrogen and oxygen atoms in total. The molecule has 0 spiro atoms. The number of nitrogens with zero attached hydrogens (tertiary/aromatic N) is 2. The van der Waals surface area contributed by atoms with Crippen LogP contribution in [0.15, 0.2) is 52.0 Å². The molecule has 0 unspecified atom stereocenters. The number of likely N-dealkylation sites (N-methyl/N-ethyl adjacent to an activating group) is 1. The van der Waals surface area contributed by atoms with E-state index in [9.17, 15) is 17.6 Å². The van der Waals surface area contributed by atoms with Crippen LogP contribution in [0.3, 0.4) is 0 Å². The second kappa shape index (κ2) is 8.93. The summed E-state index contributed by atoms with van der Waals surface area (Å²) in [5, 5.41) is 0. The van der Waals surface area contributed by atoms with Gasteiger partial charge in [-0.05, 0) is 36.4 Å². The molecule has 2 rings (SSSR count).